The van der Waals surface area contributed by atoms with E-state index in [1.54, 1.807) is 0 Å². The second-order valence-electron chi connectivity index (χ2n) is 4.62. The Bertz CT molecular complexity index is 402. The number of nitrogen functional groups attached to an aromatic ring is 1. The Labute approximate surface area is 101 Å². The molecule has 0 spiro atoms. The molecule has 2 rings (SSSR count). The summed E-state index contributed by atoms with van der Waals surface area (Å²) < 4.78 is 4.87. The molecule has 1 fully saturated rings. The van der Waals surface area contributed by atoms with Crippen LogP contribution in [0.2, 0.25) is 0 Å². The topological polar surface area (TPSA) is 55.6 Å². The minimum absolute atomic E-state index is 0.0753. The van der Waals surface area contributed by atoms with Gasteiger partial charge in [-0.15, -0.1) is 0 Å². The maximum absolute atomic E-state index is 11.7. The molecule has 2 atom stereocenters. The number of likely N-dealkylation sites (tertiary alicyclic amines) is 1. The minimum atomic E-state index is -0.129. The zero-order chi connectivity index (χ0) is 12.4. The number of hydrogen-bond donors (Lipinski definition) is 1. The molecule has 0 bridgehead atoms. The van der Waals surface area contributed by atoms with Crippen molar-refractivity contribution in [1.82, 2.24) is 4.90 Å². The molecule has 92 valence electrons. The number of likely N-dealkylation sites (N-methyl/N-ethyl adjacent to an activating group) is 1. The van der Waals surface area contributed by atoms with Crippen LogP contribution in [0.5, 0.6) is 0 Å². The molecular weight excluding hydrogens is 216 g/mol. The Morgan fingerprint density at radius 1 is 1.35 bits per heavy atom. The van der Waals surface area contributed by atoms with Crippen molar-refractivity contribution in [2.75, 3.05) is 33.0 Å². The zero-order valence-corrected chi connectivity index (χ0v) is 10.2. The molecule has 0 unspecified atom stereocenters. The van der Waals surface area contributed by atoms with Crippen LogP contribution in [-0.2, 0) is 9.53 Å². The van der Waals surface area contributed by atoms with Crippen LogP contribution in [-0.4, -0.2) is 38.1 Å². The van der Waals surface area contributed by atoms with Crippen LogP contribution in [0.4, 0.5) is 5.69 Å². The molecule has 1 aromatic rings. The van der Waals surface area contributed by atoms with Gasteiger partial charge in [0.05, 0.1) is 13.0 Å². The van der Waals surface area contributed by atoms with Gasteiger partial charge in [0.25, 0.3) is 0 Å². The third kappa shape index (κ3) is 2.42. The van der Waals surface area contributed by atoms with Crippen molar-refractivity contribution in [3.8, 4) is 0 Å². The zero-order valence-electron chi connectivity index (χ0n) is 10.2. The first-order valence-corrected chi connectivity index (χ1v) is 5.73. The van der Waals surface area contributed by atoms with E-state index in [4.69, 9.17) is 10.5 Å². The van der Waals surface area contributed by atoms with Crippen LogP contribution in [0.1, 0.15) is 11.5 Å². The Morgan fingerprint density at radius 3 is 2.59 bits per heavy atom. The highest BCUT2D eigenvalue weighted by Gasteiger charge is 2.37. The second-order valence-corrected chi connectivity index (χ2v) is 4.62. The van der Waals surface area contributed by atoms with Crippen molar-refractivity contribution < 1.29 is 9.53 Å². The molecule has 0 aliphatic carbocycles. The van der Waals surface area contributed by atoms with E-state index in [2.05, 4.69) is 4.90 Å². The molecule has 1 saturated heterocycles. The largest absolute Gasteiger partial charge is 0.469 e. The number of nitrogens with zero attached hydrogens (tertiary/aromatic N) is 1. The summed E-state index contributed by atoms with van der Waals surface area (Å²) in [4.78, 5) is 13.9. The number of esters is 1. The molecular formula is C13H18N2O2. The minimum Gasteiger partial charge on any atom is -0.469 e. The average molecular weight is 234 g/mol. The van der Waals surface area contributed by atoms with Crippen molar-refractivity contribution in [2.24, 2.45) is 5.92 Å². The molecule has 1 aromatic carbocycles. The summed E-state index contributed by atoms with van der Waals surface area (Å²) in [5.41, 5.74) is 7.57. The molecule has 17 heavy (non-hydrogen) atoms. The summed E-state index contributed by atoms with van der Waals surface area (Å²) in [5, 5.41) is 0. The first-order chi connectivity index (χ1) is 8.11. The van der Waals surface area contributed by atoms with Gasteiger partial charge in [0.15, 0.2) is 0 Å². The van der Waals surface area contributed by atoms with E-state index in [1.165, 1.54) is 7.11 Å². The molecule has 1 heterocycles. The van der Waals surface area contributed by atoms with Gasteiger partial charge in [-0.2, -0.15) is 0 Å². The van der Waals surface area contributed by atoms with Gasteiger partial charge in [0.1, 0.15) is 0 Å². The lowest BCUT2D eigenvalue weighted by molar-refractivity contribution is -0.145. The number of carbonyl (C=O) groups excluding carboxylic acids is 1. The lowest BCUT2D eigenvalue weighted by atomic mass is 9.89. The van der Waals surface area contributed by atoms with E-state index < -0.39 is 0 Å². The summed E-state index contributed by atoms with van der Waals surface area (Å²) in [5.74, 6) is -0.00199. The number of nitrogens with two attached hydrogens (primary N) is 1. The molecule has 0 radical (unpaired) electrons. The van der Waals surface area contributed by atoms with Gasteiger partial charge in [-0.3, -0.25) is 4.79 Å². The highest BCUT2D eigenvalue weighted by Crippen LogP contribution is 2.32. The summed E-state index contributed by atoms with van der Waals surface area (Å²) in [6.07, 6.45) is 0. The van der Waals surface area contributed by atoms with Crippen LogP contribution in [0.15, 0.2) is 24.3 Å². The fraction of sp³-hybridized carbons (Fsp3) is 0.462. The van der Waals surface area contributed by atoms with Crippen LogP contribution < -0.4 is 5.73 Å². The number of hydrogen-bond acceptors (Lipinski definition) is 4. The Kier molecular flexibility index (Phi) is 3.33. The Balaban J connectivity index is 2.23. The van der Waals surface area contributed by atoms with E-state index in [1.807, 2.05) is 31.3 Å². The van der Waals surface area contributed by atoms with Crippen molar-refractivity contribution >= 4 is 11.7 Å². The molecule has 0 saturated carbocycles. The molecule has 0 aromatic heterocycles. The van der Waals surface area contributed by atoms with E-state index in [9.17, 15) is 4.79 Å². The van der Waals surface area contributed by atoms with Gasteiger partial charge in [-0.1, -0.05) is 12.1 Å². The molecule has 4 heteroatoms. The fourth-order valence-electron chi connectivity index (χ4n) is 2.47. The maximum Gasteiger partial charge on any atom is 0.310 e. The van der Waals surface area contributed by atoms with Crippen LogP contribution >= 0.6 is 0 Å². The maximum atomic E-state index is 11.7. The highest BCUT2D eigenvalue weighted by atomic mass is 16.5. The van der Waals surface area contributed by atoms with Crippen molar-refractivity contribution in [2.45, 2.75) is 5.92 Å². The van der Waals surface area contributed by atoms with Gasteiger partial charge >= 0.3 is 5.97 Å². The lowest BCUT2D eigenvalue weighted by Gasteiger charge is -2.16. The smallest absolute Gasteiger partial charge is 0.310 e. The number of methoxy groups -OCH3 is 1. The van der Waals surface area contributed by atoms with Crippen LogP contribution in [0.3, 0.4) is 0 Å². The van der Waals surface area contributed by atoms with E-state index in [0.717, 1.165) is 24.3 Å². The standard InChI is InChI=1S/C13H18N2O2/c1-15-7-11(12(8-15)13(16)17-2)9-3-5-10(14)6-4-9/h3-6,11-12H,7-8,14H2,1-2H3/t11-,12+/m0/s1. The summed E-state index contributed by atoms with van der Waals surface area (Å²) >= 11 is 0. The van der Waals surface area contributed by atoms with Crippen LogP contribution in [0, 0.1) is 5.92 Å². The first-order valence-electron chi connectivity index (χ1n) is 5.73. The van der Waals surface area contributed by atoms with E-state index in [-0.39, 0.29) is 17.8 Å². The number of benzene rings is 1. The quantitative estimate of drug-likeness (QED) is 0.614. The Hall–Kier alpha value is -1.55. The van der Waals surface area contributed by atoms with E-state index >= 15 is 0 Å². The number of rotatable bonds is 2. The van der Waals surface area contributed by atoms with Crippen molar-refractivity contribution in [3.63, 3.8) is 0 Å². The molecule has 1 aliphatic rings. The molecule has 0 amide bonds. The predicted molar refractivity (Wildman–Crippen MR) is 66.6 cm³/mol. The third-order valence-electron chi connectivity index (χ3n) is 3.37. The van der Waals surface area contributed by atoms with Gasteiger partial charge in [-0.05, 0) is 24.7 Å². The van der Waals surface area contributed by atoms with Gasteiger partial charge in [0, 0.05) is 24.7 Å². The number of ether oxygens (including phenoxy) is 1. The van der Waals surface area contributed by atoms with Crippen molar-refractivity contribution in [1.29, 1.82) is 0 Å². The first kappa shape index (κ1) is 11.9. The normalized spacial score (nSPS) is 24.8. The summed E-state index contributed by atoms with van der Waals surface area (Å²) in [7, 11) is 3.47. The second kappa shape index (κ2) is 4.75. The van der Waals surface area contributed by atoms with Crippen LogP contribution in [0.25, 0.3) is 0 Å². The predicted octanol–water partition coefficient (Wildman–Crippen LogP) is 1.09. The molecule has 1 aliphatic heterocycles. The molecule has 2 N–H and O–H groups in total. The van der Waals surface area contributed by atoms with Gasteiger partial charge in [0.2, 0.25) is 0 Å². The Morgan fingerprint density at radius 2 is 2.00 bits per heavy atom. The summed E-state index contributed by atoms with van der Waals surface area (Å²) in [6.45, 7) is 1.63. The third-order valence-corrected chi connectivity index (χ3v) is 3.37. The summed E-state index contributed by atoms with van der Waals surface area (Å²) in [6, 6.07) is 7.74. The number of anilines is 1. The molecule has 4 nitrogen and oxygen atoms in total. The monoisotopic (exact) mass is 234 g/mol. The van der Waals surface area contributed by atoms with Gasteiger partial charge < -0.3 is 15.4 Å². The highest BCUT2D eigenvalue weighted by molar-refractivity contribution is 5.74. The van der Waals surface area contributed by atoms with Crippen molar-refractivity contribution in [3.05, 3.63) is 29.8 Å². The van der Waals surface area contributed by atoms with E-state index in [0.29, 0.717) is 0 Å². The van der Waals surface area contributed by atoms with Gasteiger partial charge in [-0.25, -0.2) is 0 Å². The number of carbonyl (C=O) groups is 1. The SMILES string of the molecule is COC(=O)[C@@H]1CN(C)C[C@H]1c1ccc(N)cc1. The fourth-order valence-corrected chi connectivity index (χ4v) is 2.47. The average Bonchev–Trinajstić information content (AvgIpc) is 2.71. The lowest BCUT2D eigenvalue weighted by Crippen LogP contribution is -2.23.